The highest BCUT2D eigenvalue weighted by atomic mass is 79.9. The summed E-state index contributed by atoms with van der Waals surface area (Å²) in [4.78, 5) is 36.5. The maximum absolute atomic E-state index is 13.2. The van der Waals surface area contributed by atoms with Crippen LogP contribution in [0.15, 0.2) is 24.3 Å². The molecule has 1 aliphatic carbocycles. The third-order valence-electron chi connectivity index (χ3n) is 7.19. The van der Waals surface area contributed by atoms with E-state index in [1.54, 1.807) is 0 Å². The summed E-state index contributed by atoms with van der Waals surface area (Å²) >= 11 is 3.72. The number of likely N-dealkylation sites (tertiary alicyclic amines) is 1. The van der Waals surface area contributed by atoms with Crippen LogP contribution in [0.4, 0.5) is 0 Å². The number of halogens is 1. The van der Waals surface area contributed by atoms with Crippen molar-refractivity contribution in [3.05, 3.63) is 30.1 Å². The van der Waals surface area contributed by atoms with Gasteiger partial charge in [-0.15, -0.1) is 0 Å². The smallest absolute Gasteiger partial charge is 0.226 e. The van der Waals surface area contributed by atoms with Crippen LogP contribution < -0.4 is 16.2 Å². The normalized spacial score (nSPS) is 31.3. The lowest BCUT2D eigenvalue weighted by molar-refractivity contribution is -0.131. The van der Waals surface area contributed by atoms with E-state index in [0.29, 0.717) is 23.3 Å². The number of alkyl halides is 1. The van der Waals surface area contributed by atoms with Crippen molar-refractivity contribution >= 4 is 38.8 Å². The van der Waals surface area contributed by atoms with Crippen LogP contribution in [0.1, 0.15) is 51.4 Å². The minimum atomic E-state index is -0.346. The second-order valence-corrected chi connectivity index (χ2v) is 11.0. The SMILES string of the molecule is CC(C)C(NC(=O)C1CC(=O)N(C2NNC3CC(Br)CCC32)C1)c1nc2ccccc2[nH]1. The Balaban J connectivity index is 1.27. The molecule has 3 heterocycles. The largest absolute Gasteiger partial charge is 0.346 e. The molecule has 3 fully saturated rings. The number of carbonyl (C=O) groups is 2. The molecule has 3 aliphatic rings. The Morgan fingerprint density at radius 3 is 2.84 bits per heavy atom. The third-order valence-corrected chi connectivity index (χ3v) is 8.03. The maximum Gasteiger partial charge on any atom is 0.226 e. The van der Waals surface area contributed by atoms with Gasteiger partial charge in [0.15, 0.2) is 0 Å². The molecule has 32 heavy (non-hydrogen) atoms. The van der Waals surface area contributed by atoms with Gasteiger partial charge in [0.1, 0.15) is 5.82 Å². The molecule has 2 amide bonds. The zero-order chi connectivity index (χ0) is 22.4. The standard InChI is InChI=1S/C23H31BrN6O2/c1-12(2)20(21-25-16-5-3-4-6-17(16)26-21)27-23(32)13-9-19(31)30(11-13)22-15-8-7-14(24)10-18(15)28-29-22/h3-6,12-15,18,20,22,28-29H,7-11H2,1-2H3,(H,25,26)(H,27,32). The van der Waals surface area contributed by atoms with E-state index in [0.717, 1.165) is 36.1 Å². The summed E-state index contributed by atoms with van der Waals surface area (Å²) < 4.78 is 0. The van der Waals surface area contributed by atoms with Gasteiger partial charge in [0.2, 0.25) is 11.8 Å². The van der Waals surface area contributed by atoms with Crippen LogP contribution >= 0.6 is 15.9 Å². The molecule has 2 saturated heterocycles. The molecule has 1 aromatic carbocycles. The monoisotopic (exact) mass is 502 g/mol. The Morgan fingerprint density at radius 2 is 2.06 bits per heavy atom. The number of para-hydroxylation sites is 2. The lowest BCUT2D eigenvalue weighted by Crippen LogP contribution is -2.49. The summed E-state index contributed by atoms with van der Waals surface area (Å²) in [5, 5.41) is 3.18. The number of rotatable bonds is 5. The first-order valence-corrected chi connectivity index (χ1v) is 12.5. The minimum absolute atomic E-state index is 0.0402. The van der Waals surface area contributed by atoms with E-state index in [1.165, 1.54) is 0 Å². The Hall–Kier alpha value is -1.97. The van der Waals surface area contributed by atoms with Crippen molar-refractivity contribution in [3.8, 4) is 0 Å². The fourth-order valence-electron chi connectivity index (χ4n) is 5.41. The predicted octanol–water partition coefficient (Wildman–Crippen LogP) is 2.59. The van der Waals surface area contributed by atoms with Gasteiger partial charge >= 0.3 is 0 Å². The van der Waals surface area contributed by atoms with E-state index >= 15 is 0 Å². The number of aromatic amines is 1. The topological polar surface area (TPSA) is 102 Å². The van der Waals surface area contributed by atoms with Gasteiger partial charge < -0.3 is 15.2 Å². The van der Waals surface area contributed by atoms with Gasteiger partial charge in [-0.2, -0.15) is 0 Å². The Labute approximate surface area is 196 Å². The number of imidazole rings is 1. The van der Waals surface area contributed by atoms with Crippen LogP contribution in [-0.2, 0) is 9.59 Å². The van der Waals surface area contributed by atoms with Crippen molar-refractivity contribution in [1.29, 1.82) is 0 Å². The zero-order valence-electron chi connectivity index (χ0n) is 18.5. The zero-order valence-corrected chi connectivity index (χ0v) is 20.1. The Bertz CT molecular complexity index is 976. The fraction of sp³-hybridized carbons (Fsp3) is 0.609. The van der Waals surface area contributed by atoms with Gasteiger partial charge in [0.25, 0.3) is 0 Å². The molecule has 5 rings (SSSR count). The minimum Gasteiger partial charge on any atom is -0.346 e. The molecule has 172 valence electrons. The number of amides is 2. The van der Waals surface area contributed by atoms with Crippen LogP contribution in [0, 0.1) is 17.8 Å². The predicted molar refractivity (Wildman–Crippen MR) is 126 cm³/mol. The average molecular weight is 503 g/mol. The summed E-state index contributed by atoms with van der Waals surface area (Å²) in [6, 6.07) is 7.99. The van der Waals surface area contributed by atoms with Crippen LogP contribution in [0.3, 0.4) is 0 Å². The van der Waals surface area contributed by atoms with E-state index in [9.17, 15) is 9.59 Å². The van der Waals surface area contributed by atoms with Gasteiger partial charge in [-0.25, -0.2) is 10.4 Å². The van der Waals surface area contributed by atoms with E-state index in [2.05, 4.69) is 55.9 Å². The van der Waals surface area contributed by atoms with Gasteiger partial charge in [-0.3, -0.25) is 15.0 Å². The highest BCUT2D eigenvalue weighted by Crippen LogP contribution is 2.36. The first kappa shape index (κ1) is 21.9. The molecule has 6 atom stereocenters. The van der Waals surface area contributed by atoms with E-state index in [1.807, 2.05) is 29.2 Å². The van der Waals surface area contributed by atoms with E-state index in [-0.39, 0.29) is 42.3 Å². The van der Waals surface area contributed by atoms with Gasteiger partial charge in [-0.1, -0.05) is 41.9 Å². The molecular formula is C23H31BrN6O2. The van der Waals surface area contributed by atoms with Gasteiger partial charge in [-0.05, 0) is 37.3 Å². The summed E-state index contributed by atoms with van der Waals surface area (Å²) in [5.74, 6) is 0.929. The maximum atomic E-state index is 13.2. The summed E-state index contributed by atoms with van der Waals surface area (Å²) in [5.41, 5.74) is 8.56. The lowest BCUT2D eigenvalue weighted by Gasteiger charge is -2.34. The molecule has 8 nitrogen and oxygen atoms in total. The first-order chi connectivity index (χ1) is 15.4. The molecule has 0 radical (unpaired) electrons. The Kier molecular flexibility index (Phi) is 5.98. The van der Waals surface area contributed by atoms with Crippen LogP contribution in [-0.4, -0.2) is 50.3 Å². The molecule has 1 saturated carbocycles. The molecular weight excluding hydrogens is 472 g/mol. The molecule has 2 aliphatic heterocycles. The molecule has 6 unspecified atom stereocenters. The molecule has 2 aromatic rings. The van der Waals surface area contributed by atoms with Gasteiger partial charge in [0.05, 0.1) is 29.2 Å². The Morgan fingerprint density at radius 1 is 1.25 bits per heavy atom. The number of hydrogen-bond acceptors (Lipinski definition) is 5. The van der Waals surface area contributed by atoms with Crippen molar-refractivity contribution in [1.82, 2.24) is 31.0 Å². The second kappa shape index (κ2) is 8.76. The summed E-state index contributed by atoms with van der Waals surface area (Å²) in [6.45, 7) is 4.59. The summed E-state index contributed by atoms with van der Waals surface area (Å²) in [6.07, 6.45) is 3.44. The third kappa shape index (κ3) is 4.06. The second-order valence-electron chi connectivity index (χ2n) is 9.73. The quantitative estimate of drug-likeness (QED) is 0.470. The summed E-state index contributed by atoms with van der Waals surface area (Å²) in [7, 11) is 0. The molecule has 4 N–H and O–H groups in total. The number of hydrazine groups is 1. The molecule has 1 aromatic heterocycles. The number of aromatic nitrogens is 2. The number of nitrogens with zero attached hydrogens (tertiary/aromatic N) is 2. The van der Waals surface area contributed by atoms with Crippen molar-refractivity contribution in [2.24, 2.45) is 17.8 Å². The van der Waals surface area contributed by atoms with Crippen molar-refractivity contribution < 1.29 is 9.59 Å². The number of hydrogen-bond donors (Lipinski definition) is 4. The van der Waals surface area contributed by atoms with E-state index < -0.39 is 0 Å². The molecule has 0 bridgehead atoms. The highest BCUT2D eigenvalue weighted by Gasteiger charge is 2.47. The number of benzene rings is 1. The van der Waals surface area contributed by atoms with E-state index in [4.69, 9.17) is 0 Å². The van der Waals surface area contributed by atoms with Crippen LogP contribution in [0.2, 0.25) is 0 Å². The number of fused-ring (bicyclic) bond motifs is 2. The average Bonchev–Trinajstić information content (AvgIpc) is 3.47. The molecule has 0 spiro atoms. The van der Waals surface area contributed by atoms with Crippen molar-refractivity contribution in [2.45, 2.75) is 62.6 Å². The van der Waals surface area contributed by atoms with Crippen molar-refractivity contribution in [2.75, 3.05) is 6.54 Å². The highest BCUT2D eigenvalue weighted by molar-refractivity contribution is 9.09. The van der Waals surface area contributed by atoms with Crippen molar-refractivity contribution in [3.63, 3.8) is 0 Å². The van der Waals surface area contributed by atoms with Crippen LogP contribution in [0.25, 0.3) is 11.0 Å². The molecule has 9 heteroatoms. The lowest BCUT2D eigenvalue weighted by atomic mass is 9.84. The number of nitrogens with one attached hydrogen (secondary N) is 4. The number of H-pyrrole nitrogens is 1. The first-order valence-electron chi connectivity index (χ1n) is 11.6. The van der Waals surface area contributed by atoms with Gasteiger partial charge in [0, 0.05) is 29.8 Å². The fourth-order valence-corrected chi connectivity index (χ4v) is 6.08. The van der Waals surface area contributed by atoms with Crippen LogP contribution in [0.5, 0.6) is 0 Å². The number of carbonyl (C=O) groups excluding carboxylic acids is 2.